The van der Waals surface area contributed by atoms with Crippen molar-refractivity contribution in [1.29, 1.82) is 0 Å². The van der Waals surface area contributed by atoms with Crippen molar-refractivity contribution in [2.75, 3.05) is 13.2 Å². The summed E-state index contributed by atoms with van der Waals surface area (Å²) in [6, 6.07) is 13.0. The number of amides is 1. The summed E-state index contributed by atoms with van der Waals surface area (Å²) in [5.74, 6) is 0.379. The van der Waals surface area contributed by atoms with Gasteiger partial charge in [0.05, 0.1) is 12.5 Å². The monoisotopic (exact) mass is 470 g/mol. The van der Waals surface area contributed by atoms with Crippen molar-refractivity contribution < 1.29 is 28.2 Å². The number of carbonyl (C=O) groups is 2. The largest absolute Gasteiger partial charge is 0.486 e. The predicted octanol–water partition coefficient (Wildman–Crippen LogP) is 3.80. The maximum atomic E-state index is 12.4. The van der Waals surface area contributed by atoms with Gasteiger partial charge in [-0.2, -0.15) is 5.10 Å². The average molecular weight is 471 g/mol. The van der Waals surface area contributed by atoms with Crippen LogP contribution in [0.2, 0.25) is 0 Å². The Hall–Kier alpha value is -3.59. The SMILES string of the molecule is O=C(N/N=C\c1cc(Br)ccc1OC(=O)c1ccco1)c1ccc2c(c1)OCCO2. The van der Waals surface area contributed by atoms with E-state index in [2.05, 4.69) is 26.5 Å². The summed E-state index contributed by atoms with van der Waals surface area (Å²) < 4.78 is 22.1. The molecule has 2 heterocycles. The standard InChI is InChI=1S/C21H15BrN2O6/c22-15-4-6-16(30-21(26)18-2-1-7-27-18)14(10-15)12-23-24-20(25)13-3-5-17-19(11-13)29-9-8-28-17/h1-7,10-12H,8-9H2,(H,24,25)/b23-12-. The number of hydrogen-bond acceptors (Lipinski definition) is 7. The van der Waals surface area contributed by atoms with Gasteiger partial charge in [-0.15, -0.1) is 0 Å². The third-order valence-electron chi connectivity index (χ3n) is 4.07. The zero-order valence-corrected chi connectivity index (χ0v) is 17.0. The van der Waals surface area contributed by atoms with Crippen LogP contribution in [0.1, 0.15) is 26.5 Å². The molecule has 0 spiro atoms. The first-order chi connectivity index (χ1) is 14.6. The van der Waals surface area contributed by atoms with E-state index in [0.717, 1.165) is 4.47 Å². The van der Waals surface area contributed by atoms with E-state index in [9.17, 15) is 9.59 Å². The van der Waals surface area contributed by atoms with Gasteiger partial charge in [0.15, 0.2) is 11.5 Å². The van der Waals surface area contributed by atoms with E-state index in [1.165, 1.54) is 18.5 Å². The van der Waals surface area contributed by atoms with E-state index in [1.54, 1.807) is 42.5 Å². The predicted molar refractivity (Wildman–Crippen MR) is 110 cm³/mol. The number of esters is 1. The van der Waals surface area contributed by atoms with Crippen LogP contribution in [-0.4, -0.2) is 31.3 Å². The number of hydrazone groups is 1. The van der Waals surface area contributed by atoms with Crippen LogP contribution in [0.3, 0.4) is 0 Å². The molecular formula is C21H15BrN2O6. The van der Waals surface area contributed by atoms with Gasteiger partial charge in [-0.25, -0.2) is 10.2 Å². The zero-order valence-electron chi connectivity index (χ0n) is 15.5. The third-order valence-corrected chi connectivity index (χ3v) is 4.56. The van der Waals surface area contributed by atoms with E-state index in [4.69, 9.17) is 18.6 Å². The summed E-state index contributed by atoms with van der Waals surface area (Å²) in [6.45, 7) is 0.904. The van der Waals surface area contributed by atoms with Crippen molar-refractivity contribution in [3.05, 3.63) is 76.2 Å². The Labute approximate surface area is 179 Å². The maximum absolute atomic E-state index is 12.4. The van der Waals surface area contributed by atoms with Gasteiger partial charge in [-0.1, -0.05) is 15.9 Å². The molecule has 1 aliphatic rings. The quantitative estimate of drug-likeness (QED) is 0.263. The van der Waals surface area contributed by atoms with E-state index < -0.39 is 11.9 Å². The maximum Gasteiger partial charge on any atom is 0.379 e. The van der Waals surface area contributed by atoms with E-state index in [-0.39, 0.29) is 11.5 Å². The first-order valence-electron chi connectivity index (χ1n) is 8.88. The second-order valence-electron chi connectivity index (χ2n) is 6.11. The summed E-state index contributed by atoms with van der Waals surface area (Å²) in [4.78, 5) is 24.5. The average Bonchev–Trinajstić information content (AvgIpc) is 3.30. The molecule has 1 aromatic heterocycles. The molecule has 8 nitrogen and oxygen atoms in total. The first kappa shape index (κ1) is 19.7. The van der Waals surface area contributed by atoms with E-state index in [1.807, 2.05) is 0 Å². The van der Waals surface area contributed by atoms with Crippen molar-refractivity contribution in [2.24, 2.45) is 5.10 Å². The molecule has 3 aromatic rings. The number of nitrogens with zero attached hydrogens (tertiary/aromatic N) is 1. The van der Waals surface area contributed by atoms with Crippen LogP contribution in [-0.2, 0) is 0 Å². The van der Waals surface area contributed by atoms with Gasteiger partial charge in [0.25, 0.3) is 5.91 Å². The van der Waals surface area contributed by atoms with Crippen LogP contribution >= 0.6 is 15.9 Å². The van der Waals surface area contributed by atoms with Gasteiger partial charge in [-0.05, 0) is 48.5 Å². The van der Waals surface area contributed by atoms with Gasteiger partial charge < -0.3 is 18.6 Å². The Kier molecular flexibility index (Phi) is 5.80. The fraction of sp³-hybridized carbons (Fsp3) is 0.0952. The number of halogens is 1. The molecule has 152 valence electrons. The molecule has 2 aromatic carbocycles. The van der Waals surface area contributed by atoms with Crippen molar-refractivity contribution >= 4 is 34.0 Å². The molecule has 1 N–H and O–H groups in total. The van der Waals surface area contributed by atoms with Crippen LogP contribution in [0.5, 0.6) is 17.2 Å². The number of nitrogens with one attached hydrogen (secondary N) is 1. The summed E-state index contributed by atoms with van der Waals surface area (Å²) in [5.41, 5.74) is 3.29. The number of rotatable bonds is 5. The molecule has 1 amide bonds. The summed E-state index contributed by atoms with van der Waals surface area (Å²) in [5, 5.41) is 3.97. The molecule has 1 aliphatic heterocycles. The molecule has 0 unspecified atom stereocenters. The topological polar surface area (TPSA) is 99.4 Å². The highest BCUT2D eigenvalue weighted by Crippen LogP contribution is 2.30. The van der Waals surface area contributed by atoms with Crippen molar-refractivity contribution in [1.82, 2.24) is 5.43 Å². The van der Waals surface area contributed by atoms with Crippen LogP contribution in [0.4, 0.5) is 0 Å². The van der Waals surface area contributed by atoms with Crippen molar-refractivity contribution in [3.8, 4) is 17.2 Å². The highest BCUT2D eigenvalue weighted by Gasteiger charge is 2.16. The molecule has 0 fully saturated rings. The summed E-state index contributed by atoms with van der Waals surface area (Å²) in [7, 11) is 0. The van der Waals surface area contributed by atoms with Crippen molar-refractivity contribution in [2.45, 2.75) is 0 Å². The lowest BCUT2D eigenvalue weighted by Crippen LogP contribution is -2.19. The highest BCUT2D eigenvalue weighted by atomic mass is 79.9. The Bertz CT molecular complexity index is 1110. The number of fused-ring (bicyclic) bond motifs is 1. The van der Waals surface area contributed by atoms with Crippen molar-refractivity contribution in [3.63, 3.8) is 0 Å². The van der Waals surface area contributed by atoms with Gasteiger partial charge in [0.1, 0.15) is 19.0 Å². The molecule has 0 saturated heterocycles. The second kappa shape index (κ2) is 8.83. The molecule has 0 bridgehead atoms. The molecule has 0 saturated carbocycles. The second-order valence-corrected chi connectivity index (χ2v) is 7.02. The third kappa shape index (κ3) is 4.52. The minimum absolute atomic E-state index is 0.0766. The van der Waals surface area contributed by atoms with Gasteiger partial charge in [-0.3, -0.25) is 4.79 Å². The minimum Gasteiger partial charge on any atom is -0.486 e. The van der Waals surface area contributed by atoms with Crippen LogP contribution in [0, 0.1) is 0 Å². The Morgan fingerprint density at radius 3 is 2.70 bits per heavy atom. The van der Waals surface area contributed by atoms with Crippen LogP contribution in [0.25, 0.3) is 0 Å². The van der Waals surface area contributed by atoms with Gasteiger partial charge in [0.2, 0.25) is 5.76 Å². The molecule has 30 heavy (non-hydrogen) atoms. The number of hydrogen-bond donors (Lipinski definition) is 1. The smallest absolute Gasteiger partial charge is 0.379 e. The van der Waals surface area contributed by atoms with E-state index >= 15 is 0 Å². The minimum atomic E-state index is -0.641. The number of furan rings is 1. The number of benzene rings is 2. The molecule has 0 aliphatic carbocycles. The van der Waals surface area contributed by atoms with Crippen LogP contribution in [0.15, 0.2) is 68.8 Å². The van der Waals surface area contributed by atoms with Crippen LogP contribution < -0.4 is 19.6 Å². The number of carbonyl (C=O) groups excluding carboxylic acids is 2. The summed E-state index contributed by atoms with van der Waals surface area (Å²) in [6.07, 6.45) is 2.76. The molecular weight excluding hydrogens is 456 g/mol. The number of ether oxygens (including phenoxy) is 3. The molecule has 0 atom stereocenters. The lowest BCUT2D eigenvalue weighted by Gasteiger charge is -2.18. The summed E-state index contributed by atoms with van der Waals surface area (Å²) >= 11 is 3.36. The first-order valence-corrected chi connectivity index (χ1v) is 9.68. The Balaban J connectivity index is 1.46. The van der Waals surface area contributed by atoms with Gasteiger partial charge in [0, 0.05) is 15.6 Å². The molecule has 9 heteroatoms. The normalized spacial score (nSPS) is 12.6. The fourth-order valence-electron chi connectivity index (χ4n) is 2.67. The zero-order chi connectivity index (χ0) is 20.9. The highest BCUT2D eigenvalue weighted by molar-refractivity contribution is 9.10. The lowest BCUT2D eigenvalue weighted by molar-refractivity contribution is 0.0700. The molecule has 4 rings (SSSR count). The Morgan fingerprint density at radius 1 is 1.07 bits per heavy atom. The Morgan fingerprint density at radius 2 is 1.90 bits per heavy atom. The van der Waals surface area contributed by atoms with E-state index in [0.29, 0.717) is 35.8 Å². The lowest BCUT2D eigenvalue weighted by atomic mass is 10.2. The molecule has 0 radical (unpaired) electrons. The van der Waals surface area contributed by atoms with Gasteiger partial charge >= 0.3 is 5.97 Å². The fourth-order valence-corrected chi connectivity index (χ4v) is 3.05.